The first-order valence-electron chi connectivity index (χ1n) is 5.59. The number of rotatable bonds is 3. The van der Waals surface area contributed by atoms with Gasteiger partial charge in [-0.25, -0.2) is 0 Å². The minimum Gasteiger partial charge on any atom is -0.457 e. The largest absolute Gasteiger partial charge is 0.457 e. The highest BCUT2D eigenvalue weighted by Crippen LogP contribution is 2.29. The molecule has 0 aromatic heterocycles. The SMILES string of the molecule is C#CC(C)c1ccccc1Oc1ccccc1. The lowest BCUT2D eigenvalue weighted by molar-refractivity contribution is 0.475. The van der Waals surface area contributed by atoms with Crippen LogP contribution < -0.4 is 4.74 Å². The molecule has 0 N–H and O–H groups in total. The van der Waals surface area contributed by atoms with Crippen LogP contribution in [0.5, 0.6) is 11.5 Å². The number of terminal acetylenes is 1. The summed E-state index contributed by atoms with van der Waals surface area (Å²) >= 11 is 0. The lowest BCUT2D eigenvalue weighted by Crippen LogP contribution is -1.94. The third-order valence-electron chi connectivity index (χ3n) is 2.61. The number of ether oxygens (including phenoxy) is 1. The van der Waals surface area contributed by atoms with E-state index in [1.165, 1.54) is 0 Å². The maximum absolute atomic E-state index is 5.84. The Bertz CT molecular complexity index is 523. The normalized spacial score (nSPS) is 11.5. The molecule has 0 saturated carbocycles. The molecule has 17 heavy (non-hydrogen) atoms. The molecule has 2 aromatic rings. The van der Waals surface area contributed by atoms with Crippen molar-refractivity contribution in [3.63, 3.8) is 0 Å². The topological polar surface area (TPSA) is 9.23 Å². The van der Waals surface area contributed by atoms with Gasteiger partial charge in [-0.05, 0) is 25.1 Å². The van der Waals surface area contributed by atoms with Gasteiger partial charge in [0.2, 0.25) is 0 Å². The summed E-state index contributed by atoms with van der Waals surface area (Å²) in [5.41, 5.74) is 1.04. The third-order valence-corrected chi connectivity index (χ3v) is 2.61. The van der Waals surface area contributed by atoms with Gasteiger partial charge in [0.1, 0.15) is 11.5 Å². The van der Waals surface area contributed by atoms with Crippen LogP contribution in [0.4, 0.5) is 0 Å². The predicted molar refractivity (Wildman–Crippen MR) is 70.2 cm³/mol. The fourth-order valence-corrected chi connectivity index (χ4v) is 1.64. The van der Waals surface area contributed by atoms with E-state index in [2.05, 4.69) is 5.92 Å². The first-order chi connectivity index (χ1) is 8.31. The second-order valence-electron chi connectivity index (χ2n) is 3.84. The summed E-state index contributed by atoms with van der Waals surface area (Å²) in [7, 11) is 0. The highest BCUT2D eigenvalue weighted by molar-refractivity contribution is 5.42. The van der Waals surface area contributed by atoms with Crippen molar-refractivity contribution in [2.24, 2.45) is 0 Å². The van der Waals surface area contributed by atoms with Crippen LogP contribution in [0.3, 0.4) is 0 Å². The average molecular weight is 222 g/mol. The Morgan fingerprint density at radius 1 is 1.00 bits per heavy atom. The van der Waals surface area contributed by atoms with Crippen LogP contribution in [0.2, 0.25) is 0 Å². The standard InChI is InChI=1S/C16H14O/c1-3-13(2)15-11-7-8-12-16(15)17-14-9-5-4-6-10-14/h1,4-13H,2H3. The van der Waals surface area contributed by atoms with Gasteiger partial charge in [-0.15, -0.1) is 6.42 Å². The highest BCUT2D eigenvalue weighted by Gasteiger charge is 2.09. The molecule has 0 heterocycles. The Morgan fingerprint density at radius 3 is 2.35 bits per heavy atom. The van der Waals surface area contributed by atoms with Crippen LogP contribution >= 0.6 is 0 Å². The Kier molecular flexibility index (Phi) is 3.47. The van der Waals surface area contributed by atoms with Crippen LogP contribution in [-0.2, 0) is 0 Å². The molecule has 2 aromatic carbocycles. The first-order valence-corrected chi connectivity index (χ1v) is 5.59. The minimum atomic E-state index is 0.0508. The van der Waals surface area contributed by atoms with Gasteiger partial charge in [0, 0.05) is 11.5 Å². The Balaban J connectivity index is 2.31. The molecule has 0 aliphatic rings. The molecule has 0 saturated heterocycles. The monoisotopic (exact) mass is 222 g/mol. The van der Waals surface area contributed by atoms with Crippen molar-refractivity contribution >= 4 is 0 Å². The molecule has 0 aliphatic heterocycles. The van der Waals surface area contributed by atoms with Crippen molar-refractivity contribution < 1.29 is 4.74 Å². The number of benzene rings is 2. The van der Waals surface area contributed by atoms with Crippen LogP contribution in [0.15, 0.2) is 54.6 Å². The fraction of sp³-hybridized carbons (Fsp3) is 0.125. The van der Waals surface area contributed by atoms with Gasteiger partial charge in [-0.2, -0.15) is 0 Å². The smallest absolute Gasteiger partial charge is 0.131 e. The maximum Gasteiger partial charge on any atom is 0.131 e. The third kappa shape index (κ3) is 2.68. The van der Waals surface area contributed by atoms with E-state index in [1.54, 1.807) is 0 Å². The molecule has 0 radical (unpaired) electrons. The van der Waals surface area contributed by atoms with Crippen LogP contribution in [-0.4, -0.2) is 0 Å². The van der Waals surface area contributed by atoms with E-state index in [-0.39, 0.29) is 5.92 Å². The fourth-order valence-electron chi connectivity index (χ4n) is 1.64. The molecule has 1 nitrogen and oxygen atoms in total. The Hall–Kier alpha value is -2.20. The van der Waals surface area contributed by atoms with Gasteiger partial charge in [0.15, 0.2) is 0 Å². The molecule has 1 unspecified atom stereocenters. The van der Waals surface area contributed by atoms with Crippen molar-refractivity contribution in [2.45, 2.75) is 12.8 Å². The van der Waals surface area contributed by atoms with Crippen LogP contribution in [0.1, 0.15) is 18.4 Å². The lowest BCUT2D eigenvalue weighted by Gasteiger charge is -2.12. The Labute approximate surface area is 102 Å². The second kappa shape index (κ2) is 5.23. The van der Waals surface area contributed by atoms with E-state index in [0.29, 0.717) is 0 Å². The second-order valence-corrected chi connectivity index (χ2v) is 3.84. The molecular formula is C16H14O. The molecule has 1 heteroatoms. The molecule has 1 atom stereocenters. The van der Waals surface area contributed by atoms with Crippen molar-refractivity contribution in [3.8, 4) is 23.8 Å². The molecular weight excluding hydrogens is 208 g/mol. The summed E-state index contributed by atoms with van der Waals surface area (Å²) in [5.74, 6) is 4.42. The Morgan fingerprint density at radius 2 is 1.65 bits per heavy atom. The van der Waals surface area contributed by atoms with E-state index in [0.717, 1.165) is 17.1 Å². The zero-order valence-corrected chi connectivity index (χ0v) is 9.76. The van der Waals surface area contributed by atoms with Crippen molar-refractivity contribution in [3.05, 3.63) is 60.2 Å². The van der Waals surface area contributed by atoms with E-state index in [1.807, 2.05) is 61.5 Å². The molecule has 0 bridgehead atoms. The zero-order valence-electron chi connectivity index (χ0n) is 9.76. The van der Waals surface area contributed by atoms with Crippen molar-refractivity contribution in [2.75, 3.05) is 0 Å². The molecule has 0 amide bonds. The molecule has 2 rings (SSSR count). The summed E-state index contributed by atoms with van der Waals surface area (Å²) in [6.07, 6.45) is 5.46. The van der Waals surface area contributed by atoms with Gasteiger partial charge >= 0.3 is 0 Å². The summed E-state index contributed by atoms with van der Waals surface area (Å²) in [6, 6.07) is 17.6. The van der Waals surface area contributed by atoms with E-state index in [4.69, 9.17) is 11.2 Å². The summed E-state index contributed by atoms with van der Waals surface area (Å²) in [5, 5.41) is 0. The maximum atomic E-state index is 5.84. The van der Waals surface area contributed by atoms with Crippen LogP contribution in [0.25, 0.3) is 0 Å². The lowest BCUT2D eigenvalue weighted by atomic mass is 10.0. The quantitative estimate of drug-likeness (QED) is 0.707. The molecule has 0 spiro atoms. The summed E-state index contributed by atoms with van der Waals surface area (Å²) in [4.78, 5) is 0. The zero-order chi connectivity index (χ0) is 12.1. The summed E-state index contributed by atoms with van der Waals surface area (Å²) < 4.78 is 5.84. The van der Waals surface area contributed by atoms with Gasteiger partial charge in [0.05, 0.1) is 0 Å². The van der Waals surface area contributed by atoms with E-state index < -0.39 is 0 Å². The molecule has 0 fully saturated rings. The minimum absolute atomic E-state index is 0.0508. The van der Waals surface area contributed by atoms with E-state index in [9.17, 15) is 0 Å². The number of para-hydroxylation sites is 2. The molecule has 84 valence electrons. The van der Waals surface area contributed by atoms with Crippen molar-refractivity contribution in [1.82, 2.24) is 0 Å². The van der Waals surface area contributed by atoms with Gasteiger partial charge in [-0.1, -0.05) is 42.3 Å². The van der Waals surface area contributed by atoms with Gasteiger partial charge in [-0.3, -0.25) is 0 Å². The van der Waals surface area contributed by atoms with Crippen LogP contribution in [0, 0.1) is 12.3 Å². The highest BCUT2D eigenvalue weighted by atomic mass is 16.5. The molecule has 0 aliphatic carbocycles. The van der Waals surface area contributed by atoms with E-state index >= 15 is 0 Å². The van der Waals surface area contributed by atoms with Gasteiger partial charge in [0.25, 0.3) is 0 Å². The number of hydrogen-bond acceptors (Lipinski definition) is 1. The first kappa shape index (κ1) is 11.3. The summed E-state index contributed by atoms with van der Waals surface area (Å²) in [6.45, 7) is 1.99. The predicted octanol–water partition coefficient (Wildman–Crippen LogP) is 4.22. The van der Waals surface area contributed by atoms with Gasteiger partial charge < -0.3 is 4.74 Å². The van der Waals surface area contributed by atoms with Crippen molar-refractivity contribution in [1.29, 1.82) is 0 Å². The average Bonchev–Trinajstić information content (AvgIpc) is 2.40. The number of hydrogen-bond donors (Lipinski definition) is 0.